The Morgan fingerprint density at radius 3 is 3.18 bits per heavy atom. The number of hydrogen-bond acceptors (Lipinski definition) is 4. The highest BCUT2D eigenvalue weighted by atomic mass is 16.5. The second-order valence-corrected chi connectivity index (χ2v) is 2.03. The van der Waals surface area contributed by atoms with Crippen molar-refractivity contribution in [1.82, 2.24) is 9.71 Å². The fourth-order valence-corrected chi connectivity index (χ4v) is 0.842. The monoisotopic (exact) mass is 152 g/mol. The molecular formula is C6H4N2O3. The molecule has 56 valence electrons. The maximum absolute atomic E-state index is 10.8. The smallest absolute Gasteiger partial charge is 0.286 e. The first kappa shape index (κ1) is 5.96. The molecule has 2 rings (SSSR count). The van der Waals surface area contributed by atoms with Crippen LogP contribution in [-0.4, -0.2) is 14.9 Å². The normalized spacial score (nSPS) is 10.5. The van der Waals surface area contributed by atoms with Gasteiger partial charge in [0.25, 0.3) is 11.3 Å². The molecule has 2 aromatic heterocycles. The predicted molar refractivity (Wildman–Crippen MR) is 35.5 cm³/mol. The number of pyridine rings is 1. The van der Waals surface area contributed by atoms with Gasteiger partial charge in [0.05, 0.1) is 0 Å². The predicted octanol–water partition coefficient (Wildman–Crippen LogP) is 0.227. The molecule has 0 spiro atoms. The van der Waals surface area contributed by atoms with Crippen molar-refractivity contribution in [2.24, 2.45) is 0 Å². The fraction of sp³-hybridized carbons (Fsp3) is 0. The van der Waals surface area contributed by atoms with Crippen molar-refractivity contribution >= 4 is 11.2 Å². The SMILES string of the molecule is O=c1ccc2ncoc2n1O. The third-order valence-electron chi connectivity index (χ3n) is 1.36. The minimum atomic E-state index is -0.533. The average molecular weight is 152 g/mol. The summed E-state index contributed by atoms with van der Waals surface area (Å²) in [6, 6.07) is 2.69. The van der Waals surface area contributed by atoms with Crippen molar-refractivity contribution in [3.63, 3.8) is 0 Å². The molecule has 0 saturated heterocycles. The molecule has 2 heterocycles. The van der Waals surface area contributed by atoms with Gasteiger partial charge in [-0.2, -0.15) is 0 Å². The van der Waals surface area contributed by atoms with E-state index in [0.29, 0.717) is 10.2 Å². The van der Waals surface area contributed by atoms with E-state index in [4.69, 9.17) is 9.62 Å². The Morgan fingerprint density at radius 1 is 1.55 bits per heavy atom. The first-order valence-corrected chi connectivity index (χ1v) is 2.93. The van der Waals surface area contributed by atoms with E-state index in [-0.39, 0.29) is 5.71 Å². The van der Waals surface area contributed by atoms with Crippen LogP contribution in [0.2, 0.25) is 0 Å². The summed E-state index contributed by atoms with van der Waals surface area (Å²) in [7, 11) is 0. The Bertz CT molecular complexity index is 442. The molecule has 0 aliphatic carbocycles. The zero-order valence-corrected chi connectivity index (χ0v) is 5.39. The van der Waals surface area contributed by atoms with Crippen LogP contribution < -0.4 is 5.56 Å². The van der Waals surface area contributed by atoms with E-state index in [1.54, 1.807) is 0 Å². The quantitative estimate of drug-likeness (QED) is 0.548. The standard InChI is InChI=1S/C6H4N2O3/c9-5-2-1-4-6(8(5)10)11-3-7-4/h1-3,10H. The Labute approximate surface area is 60.5 Å². The number of hydrogen-bond donors (Lipinski definition) is 1. The van der Waals surface area contributed by atoms with Crippen LogP contribution in [-0.2, 0) is 0 Å². The summed E-state index contributed by atoms with van der Waals surface area (Å²) in [5.41, 5.74) is -0.0150. The maximum Gasteiger partial charge on any atom is 0.286 e. The van der Waals surface area contributed by atoms with Crippen LogP contribution in [0.25, 0.3) is 11.2 Å². The minimum absolute atomic E-state index is 0.0671. The van der Waals surface area contributed by atoms with Gasteiger partial charge in [-0.15, -0.1) is 4.73 Å². The Morgan fingerprint density at radius 2 is 2.36 bits per heavy atom. The minimum Gasteiger partial charge on any atom is -0.424 e. The van der Waals surface area contributed by atoms with Crippen molar-refractivity contribution in [3.8, 4) is 0 Å². The molecule has 0 aromatic carbocycles. The zero-order chi connectivity index (χ0) is 7.84. The van der Waals surface area contributed by atoms with Gasteiger partial charge in [-0.25, -0.2) is 4.98 Å². The third-order valence-corrected chi connectivity index (χ3v) is 1.36. The van der Waals surface area contributed by atoms with Crippen LogP contribution in [0.3, 0.4) is 0 Å². The molecular weight excluding hydrogens is 148 g/mol. The number of nitrogens with zero attached hydrogens (tertiary/aromatic N) is 2. The molecule has 5 nitrogen and oxygen atoms in total. The molecule has 0 aliphatic heterocycles. The second-order valence-electron chi connectivity index (χ2n) is 2.03. The number of aromatic nitrogens is 2. The molecule has 5 heteroatoms. The van der Waals surface area contributed by atoms with E-state index in [1.807, 2.05) is 0 Å². The molecule has 0 aliphatic rings. The molecule has 0 amide bonds. The Balaban J connectivity index is 3.04. The highest BCUT2D eigenvalue weighted by molar-refractivity contribution is 5.66. The number of oxazole rings is 1. The summed E-state index contributed by atoms with van der Waals surface area (Å²) in [5.74, 6) is 0. The lowest BCUT2D eigenvalue weighted by atomic mass is 10.4. The summed E-state index contributed by atoms with van der Waals surface area (Å²) >= 11 is 0. The highest BCUT2D eigenvalue weighted by Gasteiger charge is 2.03. The average Bonchev–Trinajstić information content (AvgIpc) is 2.45. The molecule has 0 saturated carbocycles. The van der Waals surface area contributed by atoms with E-state index in [1.165, 1.54) is 12.1 Å². The van der Waals surface area contributed by atoms with Crippen LogP contribution in [0.1, 0.15) is 0 Å². The van der Waals surface area contributed by atoms with Gasteiger partial charge in [-0.05, 0) is 6.07 Å². The largest absolute Gasteiger partial charge is 0.424 e. The van der Waals surface area contributed by atoms with Crippen molar-refractivity contribution in [2.45, 2.75) is 0 Å². The van der Waals surface area contributed by atoms with Gasteiger partial charge in [0.2, 0.25) is 0 Å². The molecule has 2 aromatic rings. The van der Waals surface area contributed by atoms with Gasteiger partial charge in [-0.3, -0.25) is 4.79 Å². The van der Waals surface area contributed by atoms with E-state index < -0.39 is 5.56 Å². The number of fused-ring (bicyclic) bond motifs is 1. The van der Waals surface area contributed by atoms with Crippen molar-refractivity contribution in [3.05, 3.63) is 28.9 Å². The first-order valence-electron chi connectivity index (χ1n) is 2.93. The van der Waals surface area contributed by atoms with Gasteiger partial charge in [0.1, 0.15) is 5.52 Å². The summed E-state index contributed by atoms with van der Waals surface area (Å²) in [5, 5.41) is 9.02. The van der Waals surface area contributed by atoms with Crippen molar-refractivity contribution in [1.29, 1.82) is 0 Å². The number of rotatable bonds is 0. The lowest BCUT2D eigenvalue weighted by Gasteiger charge is -1.91. The van der Waals surface area contributed by atoms with Crippen molar-refractivity contribution in [2.75, 3.05) is 0 Å². The fourth-order valence-electron chi connectivity index (χ4n) is 0.842. The van der Waals surface area contributed by atoms with Gasteiger partial charge in [0.15, 0.2) is 6.39 Å². The topological polar surface area (TPSA) is 68.3 Å². The van der Waals surface area contributed by atoms with Crippen LogP contribution in [0, 0.1) is 0 Å². The maximum atomic E-state index is 10.8. The molecule has 0 fully saturated rings. The van der Waals surface area contributed by atoms with Crippen LogP contribution in [0.15, 0.2) is 27.7 Å². The Hall–Kier alpha value is -1.78. The third kappa shape index (κ3) is 0.706. The zero-order valence-electron chi connectivity index (χ0n) is 5.39. The van der Waals surface area contributed by atoms with E-state index in [9.17, 15) is 4.79 Å². The Kier molecular flexibility index (Phi) is 1.00. The molecule has 11 heavy (non-hydrogen) atoms. The van der Waals surface area contributed by atoms with Crippen molar-refractivity contribution < 1.29 is 9.62 Å². The molecule has 0 radical (unpaired) electrons. The van der Waals surface area contributed by atoms with E-state index >= 15 is 0 Å². The summed E-state index contributed by atoms with van der Waals surface area (Å²) in [6.07, 6.45) is 1.16. The lowest BCUT2D eigenvalue weighted by molar-refractivity contribution is 0.177. The lowest BCUT2D eigenvalue weighted by Crippen LogP contribution is -2.15. The molecule has 0 atom stereocenters. The van der Waals surface area contributed by atoms with Crippen LogP contribution >= 0.6 is 0 Å². The highest BCUT2D eigenvalue weighted by Crippen LogP contribution is 2.06. The van der Waals surface area contributed by atoms with Gasteiger partial charge in [0, 0.05) is 6.07 Å². The van der Waals surface area contributed by atoms with Gasteiger partial charge in [-0.1, -0.05) is 0 Å². The summed E-state index contributed by atoms with van der Waals surface area (Å²) in [6.45, 7) is 0. The van der Waals surface area contributed by atoms with Crippen LogP contribution in [0.4, 0.5) is 0 Å². The van der Waals surface area contributed by atoms with Gasteiger partial charge < -0.3 is 9.62 Å². The molecule has 0 bridgehead atoms. The summed E-state index contributed by atoms with van der Waals surface area (Å²) in [4.78, 5) is 14.5. The first-order chi connectivity index (χ1) is 5.29. The second kappa shape index (κ2) is 1.85. The molecule has 1 N–H and O–H groups in total. The van der Waals surface area contributed by atoms with Gasteiger partial charge >= 0.3 is 0 Å². The van der Waals surface area contributed by atoms with E-state index in [2.05, 4.69) is 4.98 Å². The molecule has 0 unspecified atom stereocenters. The van der Waals surface area contributed by atoms with Crippen LogP contribution in [0.5, 0.6) is 0 Å². The van der Waals surface area contributed by atoms with E-state index in [0.717, 1.165) is 6.39 Å². The summed E-state index contributed by atoms with van der Waals surface area (Å²) < 4.78 is 5.15.